The number of anilines is 1. The maximum absolute atomic E-state index is 14.4. The minimum Gasteiger partial charge on any atom is -0.497 e. The Morgan fingerprint density at radius 2 is 1.55 bits per heavy atom. The normalized spacial score (nSPS) is 11.2. The lowest BCUT2D eigenvalue weighted by atomic mass is 10.1. The van der Waals surface area contributed by atoms with Gasteiger partial charge in [0.15, 0.2) is 14.1 Å². The van der Waals surface area contributed by atoms with Gasteiger partial charge in [0.1, 0.15) is 29.7 Å². The van der Waals surface area contributed by atoms with E-state index in [0.717, 1.165) is 23.7 Å². The number of para-hydroxylation sites is 1. The zero-order chi connectivity index (χ0) is 27.5. The molecule has 0 atom stereocenters. The number of hydrogen-bond acceptors (Lipinski definition) is 5. The van der Waals surface area contributed by atoms with Gasteiger partial charge in [-0.2, -0.15) is 0 Å². The van der Waals surface area contributed by atoms with Crippen molar-refractivity contribution in [1.82, 2.24) is 0 Å². The van der Waals surface area contributed by atoms with Gasteiger partial charge in [0, 0.05) is 18.6 Å². The summed E-state index contributed by atoms with van der Waals surface area (Å²) in [5.41, 5.74) is 1.04. The van der Waals surface area contributed by atoms with E-state index < -0.39 is 14.1 Å². The van der Waals surface area contributed by atoms with E-state index in [1.54, 1.807) is 19.2 Å². The minimum atomic E-state index is -1.72. The van der Waals surface area contributed by atoms with Crippen LogP contribution in [0.1, 0.15) is 33.3 Å². The van der Waals surface area contributed by atoms with Crippen molar-refractivity contribution in [3.05, 3.63) is 78.1 Å². The third-order valence-corrected chi connectivity index (χ3v) is 11.5. The predicted octanol–water partition coefficient (Wildman–Crippen LogP) is 7.58. The quantitative estimate of drug-likeness (QED) is 0.156. The molecule has 0 heterocycles. The van der Waals surface area contributed by atoms with E-state index in [9.17, 15) is 9.18 Å². The average molecular weight is 540 g/mol. The summed E-state index contributed by atoms with van der Waals surface area (Å²) >= 11 is 0. The van der Waals surface area contributed by atoms with Crippen molar-refractivity contribution in [1.29, 1.82) is 0 Å². The molecule has 3 aromatic carbocycles. The highest BCUT2D eigenvalue weighted by Crippen LogP contribution is 2.36. The highest BCUT2D eigenvalue weighted by Gasteiger charge is 2.28. The molecule has 0 fully saturated rings. The molecular weight excluding hydrogens is 501 g/mol. The summed E-state index contributed by atoms with van der Waals surface area (Å²) in [6.07, 6.45) is 0. The Kier molecular flexibility index (Phi) is 10.7. The predicted molar refractivity (Wildman–Crippen MR) is 151 cm³/mol. The molecule has 0 N–H and O–H groups in total. The van der Waals surface area contributed by atoms with Gasteiger partial charge in [0.2, 0.25) is 5.91 Å². The van der Waals surface area contributed by atoms with Crippen LogP contribution >= 0.6 is 0 Å². The van der Waals surface area contributed by atoms with Gasteiger partial charge < -0.3 is 23.5 Å². The number of halogens is 1. The third-order valence-electron chi connectivity index (χ3n) is 6.84. The Hall–Kier alpha value is -3.36. The second kappa shape index (κ2) is 14.0. The number of carbonyl (C=O) groups is 1. The maximum atomic E-state index is 14.4. The highest BCUT2D eigenvalue weighted by atomic mass is 28.4. The van der Waals surface area contributed by atoms with Crippen LogP contribution in [-0.4, -0.2) is 34.5 Å². The smallest absolute Gasteiger partial charge is 0.224 e. The zero-order valence-corrected chi connectivity index (χ0v) is 24.0. The van der Waals surface area contributed by atoms with Crippen LogP contribution in [0.4, 0.5) is 10.1 Å². The summed E-state index contributed by atoms with van der Waals surface area (Å²) in [7, 11) is -0.133. The molecule has 0 aliphatic heterocycles. The van der Waals surface area contributed by atoms with Gasteiger partial charge in [-0.25, -0.2) is 4.39 Å². The Labute approximate surface area is 226 Å². The molecular formula is C30H38FNO5Si. The van der Waals surface area contributed by atoms with Crippen molar-refractivity contribution in [2.75, 3.05) is 25.2 Å². The first-order valence-electron chi connectivity index (χ1n) is 13.1. The van der Waals surface area contributed by atoms with Crippen molar-refractivity contribution < 1.29 is 27.8 Å². The van der Waals surface area contributed by atoms with Crippen molar-refractivity contribution in [2.45, 2.75) is 52.4 Å². The fourth-order valence-electron chi connectivity index (χ4n) is 4.35. The van der Waals surface area contributed by atoms with Gasteiger partial charge in [-0.15, -0.1) is 0 Å². The molecule has 38 heavy (non-hydrogen) atoms. The van der Waals surface area contributed by atoms with E-state index in [-0.39, 0.29) is 12.5 Å². The summed E-state index contributed by atoms with van der Waals surface area (Å²) in [5.74, 6) is 1.45. The second-order valence-corrected chi connectivity index (χ2v) is 13.8. The number of methoxy groups -OCH3 is 1. The zero-order valence-electron chi connectivity index (χ0n) is 23.0. The van der Waals surface area contributed by atoms with Crippen LogP contribution < -0.4 is 19.1 Å². The number of benzene rings is 3. The molecule has 8 heteroatoms. The number of hydrogen-bond donors (Lipinski definition) is 0. The fourth-order valence-corrected chi connectivity index (χ4v) is 6.98. The molecule has 0 aliphatic rings. The van der Waals surface area contributed by atoms with Crippen molar-refractivity contribution in [3.8, 4) is 23.0 Å². The van der Waals surface area contributed by atoms with Crippen molar-refractivity contribution >= 4 is 19.9 Å². The van der Waals surface area contributed by atoms with E-state index in [2.05, 4.69) is 20.8 Å². The van der Waals surface area contributed by atoms with Gasteiger partial charge in [0.25, 0.3) is 0 Å². The van der Waals surface area contributed by atoms with Crippen LogP contribution in [0.2, 0.25) is 18.1 Å². The summed E-state index contributed by atoms with van der Waals surface area (Å²) in [4.78, 5) is 14.3. The summed E-state index contributed by atoms with van der Waals surface area (Å²) in [5, 5.41) is 0. The van der Waals surface area contributed by atoms with Crippen molar-refractivity contribution in [3.63, 3.8) is 0 Å². The number of nitrogens with zero attached hydrogens (tertiary/aromatic N) is 1. The molecule has 0 radical (unpaired) electrons. The van der Waals surface area contributed by atoms with E-state index >= 15 is 0 Å². The largest absolute Gasteiger partial charge is 0.497 e. The Bertz CT molecular complexity index is 1180. The monoisotopic (exact) mass is 539 g/mol. The van der Waals surface area contributed by atoms with Gasteiger partial charge in [0.05, 0.1) is 25.9 Å². The topological polar surface area (TPSA) is 57.2 Å². The molecule has 0 aliphatic carbocycles. The standard InChI is InChI=1S/C30H38FNO5Si/c1-6-38(7-2,8-3)36-19-18-35-29-17-15-27(34-5)20-24(29)22-32(23(4)33)28-21-25(31)14-16-30(28)37-26-12-10-9-11-13-26/h9-17,20-21H,6-8,18-19,22H2,1-5H3. The molecule has 0 saturated carbocycles. The first-order valence-corrected chi connectivity index (χ1v) is 15.6. The van der Waals surface area contributed by atoms with Crippen LogP contribution in [0.3, 0.4) is 0 Å². The molecule has 6 nitrogen and oxygen atoms in total. The number of carbonyl (C=O) groups excluding carboxylic acids is 1. The molecule has 0 unspecified atom stereocenters. The van der Waals surface area contributed by atoms with E-state index in [4.69, 9.17) is 18.6 Å². The first-order chi connectivity index (χ1) is 18.3. The molecule has 3 rings (SSSR count). The molecule has 3 aromatic rings. The lowest BCUT2D eigenvalue weighted by molar-refractivity contribution is -0.116. The Morgan fingerprint density at radius 3 is 2.18 bits per heavy atom. The van der Waals surface area contributed by atoms with Crippen LogP contribution in [0, 0.1) is 5.82 Å². The van der Waals surface area contributed by atoms with Gasteiger partial charge in [-0.3, -0.25) is 4.79 Å². The SMILES string of the molecule is CC[Si](CC)(CC)OCCOc1ccc(OC)cc1CN(C(C)=O)c1cc(F)ccc1Oc1ccccc1. The molecule has 0 saturated heterocycles. The molecule has 204 valence electrons. The van der Waals surface area contributed by atoms with E-state index in [1.165, 1.54) is 30.0 Å². The van der Waals surface area contributed by atoms with Crippen LogP contribution in [-0.2, 0) is 15.8 Å². The van der Waals surface area contributed by atoms with Gasteiger partial charge in [-0.1, -0.05) is 39.0 Å². The summed E-state index contributed by atoms with van der Waals surface area (Å²) < 4.78 is 38.3. The minimum absolute atomic E-state index is 0.134. The number of rotatable bonds is 14. The second-order valence-electron chi connectivity index (χ2n) is 9.05. The van der Waals surface area contributed by atoms with E-state index in [1.807, 2.05) is 36.4 Å². The number of amides is 1. The molecule has 0 aromatic heterocycles. The van der Waals surface area contributed by atoms with Crippen LogP contribution in [0.15, 0.2) is 66.7 Å². The average Bonchev–Trinajstić information content (AvgIpc) is 2.94. The van der Waals surface area contributed by atoms with E-state index in [0.29, 0.717) is 41.9 Å². The highest BCUT2D eigenvalue weighted by molar-refractivity contribution is 6.73. The fraction of sp³-hybridized carbons (Fsp3) is 0.367. The van der Waals surface area contributed by atoms with Crippen molar-refractivity contribution in [2.24, 2.45) is 0 Å². The lowest BCUT2D eigenvalue weighted by Gasteiger charge is -2.28. The number of ether oxygens (including phenoxy) is 3. The summed E-state index contributed by atoms with van der Waals surface area (Å²) in [6.45, 7) is 9.05. The molecule has 0 spiro atoms. The van der Waals surface area contributed by atoms with Gasteiger partial charge in [-0.05, 0) is 60.6 Å². The molecule has 1 amide bonds. The maximum Gasteiger partial charge on any atom is 0.224 e. The Balaban J connectivity index is 1.86. The van der Waals surface area contributed by atoms with Gasteiger partial charge >= 0.3 is 0 Å². The molecule has 0 bridgehead atoms. The summed E-state index contributed by atoms with van der Waals surface area (Å²) in [6, 6.07) is 22.0. The lowest BCUT2D eigenvalue weighted by Crippen LogP contribution is -2.37. The van der Waals surface area contributed by atoms with Crippen LogP contribution in [0.5, 0.6) is 23.0 Å². The first kappa shape index (κ1) is 29.2. The Morgan fingerprint density at radius 1 is 0.868 bits per heavy atom. The third kappa shape index (κ3) is 7.58. The van der Waals surface area contributed by atoms with Crippen LogP contribution in [0.25, 0.3) is 0 Å².